The number of ether oxygens (including phenoxy) is 1. The molecule has 6 heteroatoms. The molecule has 2 saturated carbocycles. The van der Waals surface area contributed by atoms with E-state index in [0.717, 1.165) is 78.9 Å². The molecule has 2 fully saturated rings. The van der Waals surface area contributed by atoms with Gasteiger partial charge in [-0.1, -0.05) is 30.4 Å². The highest BCUT2D eigenvalue weighted by Crippen LogP contribution is 2.36. The van der Waals surface area contributed by atoms with Crippen molar-refractivity contribution in [2.75, 3.05) is 18.6 Å². The van der Waals surface area contributed by atoms with Crippen molar-refractivity contribution in [3.05, 3.63) is 72.2 Å². The van der Waals surface area contributed by atoms with Crippen LogP contribution in [-0.4, -0.2) is 40.6 Å². The monoisotopic (exact) mass is 531 g/mol. The average Bonchev–Trinajstić information content (AvgIpc) is 3.38. The van der Waals surface area contributed by atoms with Crippen LogP contribution in [0.4, 0.5) is 5.69 Å². The second-order valence-electron chi connectivity index (χ2n) is 11.6. The van der Waals surface area contributed by atoms with Gasteiger partial charge in [0.05, 0.1) is 18.9 Å². The standard InChI is InChI=1S/C33H45N3O3/c1-23(2)32(39-5)18-9-24(3)26-12-10-25(11-13-26)22-36(33(38)27-14-16-30(37)17-15-27)29-8-6-7-28(21-29)31-19-20-35(4)34-31/h6-9,18-21,25-27,30,37H,3,10-17,22H2,1-2,4-5H3/b18-9-. The van der Waals surface area contributed by atoms with Crippen LogP contribution in [0.15, 0.2) is 72.2 Å². The van der Waals surface area contributed by atoms with Crippen molar-refractivity contribution in [2.45, 2.75) is 71.3 Å². The Balaban J connectivity index is 1.47. The number of aryl methyl sites for hydroxylation is 1. The van der Waals surface area contributed by atoms with Gasteiger partial charge in [0.1, 0.15) is 5.76 Å². The molecular weight excluding hydrogens is 486 g/mol. The van der Waals surface area contributed by atoms with Gasteiger partial charge in [0.15, 0.2) is 0 Å². The summed E-state index contributed by atoms with van der Waals surface area (Å²) in [5.41, 5.74) is 5.17. The van der Waals surface area contributed by atoms with Crippen LogP contribution in [0.2, 0.25) is 0 Å². The maximum atomic E-state index is 13.9. The van der Waals surface area contributed by atoms with E-state index in [1.165, 1.54) is 0 Å². The number of hydrogen-bond acceptors (Lipinski definition) is 4. The van der Waals surface area contributed by atoms with Crippen LogP contribution in [-0.2, 0) is 16.6 Å². The summed E-state index contributed by atoms with van der Waals surface area (Å²) in [5.74, 6) is 1.97. The Hall–Kier alpha value is -3.12. The lowest BCUT2D eigenvalue weighted by Crippen LogP contribution is -2.42. The van der Waals surface area contributed by atoms with E-state index in [-0.39, 0.29) is 17.9 Å². The fraction of sp³-hybridized carbons (Fsp3) is 0.515. The number of carbonyl (C=O) groups excluding carboxylic acids is 1. The first-order chi connectivity index (χ1) is 18.7. The van der Waals surface area contributed by atoms with Crippen LogP contribution in [0.25, 0.3) is 11.3 Å². The van der Waals surface area contributed by atoms with Crippen molar-refractivity contribution in [3.63, 3.8) is 0 Å². The van der Waals surface area contributed by atoms with Crippen molar-refractivity contribution < 1.29 is 14.6 Å². The van der Waals surface area contributed by atoms with Gasteiger partial charge in [-0.25, -0.2) is 0 Å². The number of amides is 1. The Morgan fingerprint density at radius 1 is 1.08 bits per heavy atom. The maximum Gasteiger partial charge on any atom is 0.230 e. The van der Waals surface area contributed by atoms with E-state index in [1.807, 2.05) is 50.2 Å². The number of aliphatic hydroxyl groups is 1. The Labute approximate surface area is 234 Å². The van der Waals surface area contributed by atoms with Gasteiger partial charge in [-0.2, -0.15) is 5.10 Å². The molecule has 0 radical (unpaired) electrons. The zero-order chi connectivity index (χ0) is 27.9. The van der Waals surface area contributed by atoms with E-state index in [9.17, 15) is 9.90 Å². The van der Waals surface area contributed by atoms with Gasteiger partial charge in [-0.3, -0.25) is 9.48 Å². The fourth-order valence-electron chi connectivity index (χ4n) is 6.00. The first kappa shape index (κ1) is 28.9. The quantitative estimate of drug-likeness (QED) is 0.284. The van der Waals surface area contributed by atoms with Gasteiger partial charge in [-0.05, 0) is 107 Å². The predicted molar refractivity (Wildman–Crippen MR) is 158 cm³/mol. The molecule has 1 N–H and O–H groups in total. The first-order valence-corrected chi connectivity index (χ1v) is 14.4. The first-order valence-electron chi connectivity index (χ1n) is 14.4. The fourth-order valence-corrected chi connectivity index (χ4v) is 6.00. The largest absolute Gasteiger partial charge is 0.497 e. The summed E-state index contributed by atoms with van der Waals surface area (Å²) >= 11 is 0. The number of anilines is 1. The van der Waals surface area contributed by atoms with Crippen molar-refractivity contribution in [1.82, 2.24) is 9.78 Å². The molecule has 210 valence electrons. The third kappa shape index (κ3) is 7.51. The highest BCUT2D eigenvalue weighted by Gasteiger charge is 2.32. The molecule has 1 heterocycles. The van der Waals surface area contributed by atoms with E-state index < -0.39 is 0 Å². The minimum absolute atomic E-state index is 0.0294. The molecule has 6 nitrogen and oxygen atoms in total. The molecule has 0 aliphatic heterocycles. The predicted octanol–water partition coefficient (Wildman–Crippen LogP) is 6.83. The van der Waals surface area contributed by atoms with Crippen molar-refractivity contribution in [2.24, 2.45) is 24.8 Å². The molecule has 0 spiro atoms. The normalized spacial score (nSPS) is 23.4. The van der Waals surface area contributed by atoms with Crippen LogP contribution < -0.4 is 4.90 Å². The number of benzene rings is 1. The molecule has 2 aliphatic carbocycles. The summed E-state index contributed by atoms with van der Waals surface area (Å²) in [7, 11) is 3.62. The SMILES string of the molecule is C=C(/C=C\C(OC)=C(C)C)C1CCC(CN(C(=O)C2CCC(O)CC2)c2cccc(-c3ccn(C)n3)c2)CC1. The van der Waals surface area contributed by atoms with Gasteiger partial charge in [0.25, 0.3) is 0 Å². The lowest BCUT2D eigenvalue weighted by molar-refractivity contribution is -0.124. The van der Waals surface area contributed by atoms with Gasteiger partial charge in [-0.15, -0.1) is 0 Å². The van der Waals surface area contributed by atoms with Crippen LogP contribution >= 0.6 is 0 Å². The number of nitrogens with zero attached hydrogens (tertiary/aromatic N) is 3. The lowest BCUT2D eigenvalue weighted by atomic mass is 9.78. The number of carbonyl (C=O) groups is 1. The number of aromatic nitrogens is 2. The highest BCUT2D eigenvalue weighted by atomic mass is 16.5. The van der Waals surface area contributed by atoms with Gasteiger partial charge >= 0.3 is 0 Å². The number of hydrogen-bond donors (Lipinski definition) is 1. The van der Waals surface area contributed by atoms with Crippen molar-refractivity contribution in [1.29, 1.82) is 0 Å². The second kappa shape index (κ2) is 13.3. The molecule has 0 unspecified atom stereocenters. The molecule has 1 aromatic carbocycles. The summed E-state index contributed by atoms with van der Waals surface area (Å²) in [6, 6.07) is 10.2. The molecule has 0 bridgehead atoms. The molecule has 2 aliphatic rings. The summed E-state index contributed by atoms with van der Waals surface area (Å²) in [6.07, 6.45) is 13.0. The third-order valence-corrected chi connectivity index (χ3v) is 8.45. The Morgan fingerprint density at radius 3 is 2.38 bits per heavy atom. The number of methoxy groups -OCH3 is 1. The molecule has 39 heavy (non-hydrogen) atoms. The van der Waals surface area contributed by atoms with E-state index in [2.05, 4.69) is 36.0 Å². The maximum absolute atomic E-state index is 13.9. The topological polar surface area (TPSA) is 67.6 Å². The third-order valence-electron chi connectivity index (χ3n) is 8.45. The van der Waals surface area contributed by atoms with Crippen LogP contribution in [0.5, 0.6) is 0 Å². The summed E-state index contributed by atoms with van der Waals surface area (Å²) < 4.78 is 7.26. The molecule has 4 rings (SSSR count). The molecule has 0 atom stereocenters. The molecule has 2 aromatic rings. The molecule has 0 saturated heterocycles. The summed E-state index contributed by atoms with van der Waals surface area (Å²) in [4.78, 5) is 16.0. The number of aliphatic hydroxyl groups excluding tert-OH is 1. The van der Waals surface area contributed by atoms with Crippen molar-refractivity contribution >= 4 is 11.6 Å². The average molecular weight is 532 g/mol. The second-order valence-corrected chi connectivity index (χ2v) is 11.6. The molecular formula is C33H45N3O3. The van der Waals surface area contributed by atoms with Crippen LogP contribution in [0.1, 0.15) is 65.2 Å². The summed E-state index contributed by atoms with van der Waals surface area (Å²) in [6.45, 7) is 9.18. The summed E-state index contributed by atoms with van der Waals surface area (Å²) in [5, 5.41) is 14.6. The van der Waals surface area contributed by atoms with E-state index in [0.29, 0.717) is 24.7 Å². The zero-order valence-electron chi connectivity index (χ0n) is 24.1. The van der Waals surface area contributed by atoms with Crippen LogP contribution in [0, 0.1) is 17.8 Å². The van der Waals surface area contributed by atoms with E-state index >= 15 is 0 Å². The number of rotatable bonds is 9. The van der Waals surface area contributed by atoms with Gasteiger partial charge in [0.2, 0.25) is 5.91 Å². The van der Waals surface area contributed by atoms with E-state index in [1.54, 1.807) is 11.8 Å². The smallest absolute Gasteiger partial charge is 0.230 e. The number of allylic oxidation sites excluding steroid dienone is 4. The minimum Gasteiger partial charge on any atom is -0.497 e. The minimum atomic E-state index is -0.274. The Morgan fingerprint density at radius 2 is 1.77 bits per heavy atom. The highest BCUT2D eigenvalue weighted by molar-refractivity contribution is 5.95. The lowest BCUT2D eigenvalue weighted by Gasteiger charge is -2.36. The van der Waals surface area contributed by atoms with E-state index in [4.69, 9.17) is 4.74 Å². The molecule has 1 aromatic heterocycles. The van der Waals surface area contributed by atoms with Gasteiger partial charge < -0.3 is 14.7 Å². The van der Waals surface area contributed by atoms with Gasteiger partial charge in [0, 0.05) is 37.0 Å². The molecule has 1 amide bonds. The van der Waals surface area contributed by atoms with Crippen molar-refractivity contribution in [3.8, 4) is 11.3 Å². The van der Waals surface area contributed by atoms with Crippen LogP contribution in [0.3, 0.4) is 0 Å². The zero-order valence-corrected chi connectivity index (χ0v) is 24.1. The Kier molecular flexibility index (Phi) is 9.84. The Bertz CT molecular complexity index is 1190.